The summed E-state index contributed by atoms with van der Waals surface area (Å²) in [5, 5.41) is 16.2. The Hall–Kier alpha value is -1.81. The normalized spacial score (nSPS) is 7.50. The predicted octanol–water partition coefficient (Wildman–Crippen LogP) is 0.336. The molecule has 0 heterocycles. The zero-order valence-corrected chi connectivity index (χ0v) is 5.07. The molecule has 4 nitrogen and oxygen atoms in total. The molecule has 0 rings (SSSR count). The van der Waals surface area contributed by atoms with Crippen LogP contribution in [0.1, 0.15) is 0 Å². The molecule has 10 heavy (non-hydrogen) atoms. The first-order chi connectivity index (χ1) is 4.76. The number of nitrogens with zero attached hydrogens (tertiary/aromatic N) is 2. The smallest absolute Gasteiger partial charge is 0.342 e. The van der Waals surface area contributed by atoms with Crippen molar-refractivity contribution < 1.29 is 9.53 Å². The Morgan fingerprint density at radius 1 is 1.60 bits per heavy atom. The van der Waals surface area contributed by atoms with Crippen LogP contribution in [0.2, 0.25) is 0 Å². The van der Waals surface area contributed by atoms with E-state index >= 15 is 0 Å². The second-order valence-electron chi connectivity index (χ2n) is 1.29. The van der Waals surface area contributed by atoms with Crippen LogP contribution in [0.25, 0.3) is 0 Å². The van der Waals surface area contributed by atoms with E-state index in [0.717, 1.165) is 6.26 Å². The van der Waals surface area contributed by atoms with Crippen LogP contribution < -0.4 is 0 Å². The summed E-state index contributed by atoms with van der Waals surface area (Å²) in [4.78, 5) is 10.5. The Kier molecular flexibility index (Phi) is 3.36. The molecule has 0 saturated carbocycles. The van der Waals surface area contributed by atoms with Crippen LogP contribution in [0.4, 0.5) is 0 Å². The first-order valence-electron chi connectivity index (χ1n) is 2.37. The molecule has 0 unspecified atom stereocenters. The maximum Gasteiger partial charge on any atom is 0.342 e. The van der Waals surface area contributed by atoms with E-state index in [1.807, 2.05) is 0 Å². The van der Waals surface area contributed by atoms with E-state index < -0.39 is 11.9 Å². The van der Waals surface area contributed by atoms with Gasteiger partial charge in [0.15, 0.2) is 0 Å². The highest BCUT2D eigenvalue weighted by molar-refractivity contribution is 5.78. The summed E-state index contributed by atoms with van der Waals surface area (Å²) in [6.07, 6.45) is 0.879. The van der Waals surface area contributed by atoms with Gasteiger partial charge in [0, 0.05) is 0 Å². The Morgan fingerprint density at radius 3 is 2.40 bits per heavy atom. The summed E-state index contributed by atoms with van der Waals surface area (Å²) < 4.78 is 4.17. The first kappa shape index (κ1) is 8.19. The van der Waals surface area contributed by atoms with Crippen LogP contribution >= 0.6 is 0 Å². The standard InChI is InChI=1S/C6H4N2O2/c1-2-10-6(9)5(3-7)4-8/h2,5H,1H2. The van der Waals surface area contributed by atoms with E-state index in [-0.39, 0.29) is 0 Å². The van der Waals surface area contributed by atoms with Crippen LogP contribution in [0.15, 0.2) is 12.8 Å². The highest BCUT2D eigenvalue weighted by atomic mass is 16.5. The minimum atomic E-state index is -1.35. The van der Waals surface area contributed by atoms with Crippen molar-refractivity contribution in [1.82, 2.24) is 0 Å². The van der Waals surface area contributed by atoms with Gasteiger partial charge in [0.2, 0.25) is 5.92 Å². The van der Waals surface area contributed by atoms with Gasteiger partial charge in [0.1, 0.15) is 0 Å². The number of esters is 1. The molecule has 4 heteroatoms. The second-order valence-corrected chi connectivity index (χ2v) is 1.29. The van der Waals surface area contributed by atoms with E-state index in [9.17, 15) is 4.79 Å². The summed E-state index contributed by atoms with van der Waals surface area (Å²) in [5.74, 6) is -2.24. The van der Waals surface area contributed by atoms with Gasteiger partial charge in [0.25, 0.3) is 0 Å². The second kappa shape index (κ2) is 4.11. The SMILES string of the molecule is C=COC(=O)C(C#N)C#N. The number of nitriles is 2. The summed E-state index contributed by atoms with van der Waals surface area (Å²) in [5.41, 5.74) is 0. The fourth-order valence-corrected chi connectivity index (χ4v) is 0.284. The van der Waals surface area contributed by atoms with Crippen LogP contribution in [-0.2, 0) is 9.53 Å². The van der Waals surface area contributed by atoms with Gasteiger partial charge in [-0.05, 0) is 0 Å². The topological polar surface area (TPSA) is 73.9 Å². The summed E-state index contributed by atoms with van der Waals surface area (Å²) in [6, 6.07) is 2.91. The minimum absolute atomic E-state index is 0.879. The molecule has 0 bridgehead atoms. The molecule has 0 spiro atoms. The molecule has 0 atom stereocenters. The highest BCUT2D eigenvalue weighted by Crippen LogP contribution is 1.95. The van der Waals surface area contributed by atoms with Crippen molar-refractivity contribution in [2.24, 2.45) is 5.92 Å². The third-order valence-corrected chi connectivity index (χ3v) is 0.693. The molecule has 0 aromatic heterocycles. The Balaban J connectivity index is 4.09. The van der Waals surface area contributed by atoms with Gasteiger partial charge in [-0.3, -0.25) is 0 Å². The monoisotopic (exact) mass is 136 g/mol. The van der Waals surface area contributed by atoms with Crippen LogP contribution in [-0.4, -0.2) is 5.97 Å². The van der Waals surface area contributed by atoms with Crippen molar-refractivity contribution in [2.75, 3.05) is 0 Å². The zero-order chi connectivity index (χ0) is 7.98. The van der Waals surface area contributed by atoms with Crippen molar-refractivity contribution in [2.45, 2.75) is 0 Å². The molecule has 0 fully saturated rings. The highest BCUT2D eigenvalue weighted by Gasteiger charge is 2.16. The Morgan fingerprint density at radius 2 is 2.10 bits per heavy atom. The quantitative estimate of drug-likeness (QED) is 0.405. The Bertz CT molecular complexity index is 207. The van der Waals surface area contributed by atoms with Crippen LogP contribution in [0.5, 0.6) is 0 Å². The molecule has 0 aliphatic rings. The van der Waals surface area contributed by atoms with Gasteiger partial charge in [0.05, 0.1) is 18.4 Å². The Labute approximate surface area is 57.9 Å². The molecule has 0 N–H and O–H groups in total. The van der Waals surface area contributed by atoms with Gasteiger partial charge in [-0.25, -0.2) is 4.79 Å². The van der Waals surface area contributed by atoms with Crippen molar-refractivity contribution in [3.05, 3.63) is 12.8 Å². The largest absolute Gasteiger partial charge is 0.433 e. The molecular weight excluding hydrogens is 132 g/mol. The van der Waals surface area contributed by atoms with Gasteiger partial charge in [-0.2, -0.15) is 10.5 Å². The number of carbonyl (C=O) groups is 1. The summed E-state index contributed by atoms with van der Waals surface area (Å²) in [7, 11) is 0. The fraction of sp³-hybridized carbons (Fsp3) is 0.167. The van der Waals surface area contributed by atoms with Gasteiger partial charge >= 0.3 is 5.97 Å². The third-order valence-electron chi connectivity index (χ3n) is 0.693. The van der Waals surface area contributed by atoms with Crippen LogP contribution in [0.3, 0.4) is 0 Å². The minimum Gasteiger partial charge on any atom is -0.433 e. The molecule has 0 aliphatic heterocycles. The zero-order valence-electron chi connectivity index (χ0n) is 5.07. The summed E-state index contributed by atoms with van der Waals surface area (Å²) in [6.45, 7) is 3.09. The fourth-order valence-electron chi connectivity index (χ4n) is 0.284. The molecule has 0 aliphatic carbocycles. The van der Waals surface area contributed by atoms with Crippen molar-refractivity contribution in [1.29, 1.82) is 10.5 Å². The van der Waals surface area contributed by atoms with Crippen molar-refractivity contribution >= 4 is 5.97 Å². The molecule has 0 amide bonds. The van der Waals surface area contributed by atoms with Gasteiger partial charge < -0.3 is 4.74 Å². The van der Waals surface area contributed by atoms with E-state index in [1.165, 1.54) is 12.1 Å². The van der Waals surface area contributed by atoms with Crippen molar-refractivity contribution in [3.8, 4) is 12.1 Å². The average molecular weight is 136 g/mol. The number of hydrogen-bond acceptors (Lipinski definition) is 4. The lowest BCUT2D eigenvalue weighted by atomic mass is 10.2. The molecule has 50 valence electrons. The number of hydrogen-bond donors (Lipinski definition) is 0. The molecular formula is C6H4N2O2. The van der Waals surface area contributed by atoms with E-state index in [2.05, 4.69) is 11.3 Å². The van der Waals surface area contributed by atoms with Crippen LogP contribution in [0, 0.1) is 28.6 Å². The third kappa shape index (κ3) is 1.97. The molecule has 0 saturated heterocycles. The summed E-state index contributed by atoms with van der Waals surface area (Å²) >= 11 is 0. The van der Waals surface area contributed by atoms with E-state index in [4.69, 9.17) is 10.5 Å². The number of rotatable bonds is 2. The lowest BCUT2D eigenvalue weighted by molar-refractivity contribution is -0.139. The maximum atomic E-state index is 10.5. The van der Waals surface area contributed by atoms with Crippen molar-refractivity contribution in [3.63, 3.8) is 0 Å². The average Bonchev–Trinajstić information content (AvgIpc) is 1.91. The van der Waals surface area contributed by atoms with Gasteiger partial charge in [-0.15, -0.1) is 0 Å². The maximum absolute atomic E-state index is 10.5. The number of carbonyl (C=O) groups excluding carboxylic acids is 1. The first-order valence-corrected chi connectivity index (χ1v) is 2.37. The van der Waals surface area contributed by atoms with Gasteiger partial charge in [-0.1, -0.05) is 6.58 Å². The lowest BCUT2D eigenvalue weighted by Crippen LogP contribution is -2.10. The number of ether oxygens (including phenoxy) is 1. The predicted molar refractivity (Wildman–Crippen MR) is 31.0 cm³/mol. The lowest BCUT2D eigenvalue weighted by Gasteiger charge is -1.94. The van der Waals surface area contributed by atoms with E-state index in [1.54, 1.807) is 0 Å². The van der Waals surface area contributed by atoms with E-state index in [0.29, 0.717) is 0 Å². The molecule has 0 aromatic carbocycles. The molecule has 0 aromatic rings. The molecule has 0 radical (unpaired) electrons.